The van der Waals surface area contributed by atoms with Gasteiger partial charge in [0.25, 0.3) is 0 Å². The number of carbonyl (C=O) groups excluding carboxylic acids is 4. The minimum Gasteiger partial charge on any atom is -0.595 e. The van der Waals surface area contributed by atoms with Gasteiger partial charge in [-0.05, 0) is 47.1 Å². The Labute approximate surface area is 204 Å². The van der Waals surface area contributed by atoms with Crippen LogP contribution in [-0.2, 0) is 35.0 Å². The molecule has 12 heteroatoms. The molecule has 4 N–H and O–H groups in total. The summed E-state index contributed by atoms with van der Waals surface area (Å²) in [5.74, 6) is -2.35. The van der Waals surface area contributed by atoms with E-state index < -0.39 is 58.9 Å². The fourth-order valence-corrected chi connectivity index (χ4v) is 2.84. The van der Waals surface area contributed by atoms with E-state index >= 15 is 0 Å². The van der Waals surface area contributed by atoms with Gasteiger partial charge in [-0.1, -0.05) is 12.1 Å². The van der Waals surface area contributed by atoms with Gasteiger partial charge in [0.1, 0.15) is 23.3 Å². The fourth-order valence-electron chi connectivity index (χ4n) is 2.84. The van der Waals surface area contributed by atoms with Crippen LogP contribution >= 0.6 is 0 Å². The summed E-state index contributed by atoms with van der Waals surface area (Å²) in [6.45, 7) is 9.88. The molecule has 0 bridgehead atoms. The lowest BCUT2D eigenvalue weighted by Gasteiger charge is -2.26. The van der Waals surface area contributed by atoms with Gasteiger partial charge in [-0.2, -0.15) is 5.23 Å². The van der Waals surface area contributed by atoms with E-state index in [0.717, 1.165) is 7.11 Å². The molecule has 0 aromatic heterocycles. The number of quaternary nitrogens is 1. The van der Waals surface area contributed by atoms with Gasteiger partial charge in [-0.25, -0.2) is 14.8 Å². The predicted octanol–water partition coefficient (Wildman–Crippen LogP) is 0.915. The first-order valence-electron chi connectivity index (χ1n) is 10.9. The third-order valence-corrected chi connectivity index (χ3v) is 4.24. The van der Waals surface area contributed by atoms with Crippen molar-refractivity contribution in [2.24, 2.45) is 0 Å². The third kappa shape index (κ3) is 11.7. The van der Waals surface area contributed by atoms with Crippen molar-refractivity contribution in [1.29, 1.82) is 0 Å². The highest BCUT2D eigenvalue weighted by Gasteiger charge is 2.32. The van der Waals surface area contributed by atoms with E-state index in [1.165, 1.54) is 24.3 Å². The molecule has 2 amide bonds. The third-order valence-electron chi connectivity index (χ3n) is 4.24. The van der Waals surface area contributed by atoms with Crippen molar-refractivity contribution in [3.05, 3.63) is 35.0 Å². The van der Waals surface area contributed by atoms with Crippen LogP contribution in [0, 0.1) is 5.21 Å². The van der Waals surface area contributed by atoms with E-state index in [1.807, 2.05) is 0 Å². The number of benzene rings is 1. The van der Waals surface area contributed by atoms with Crippen LogP contribution in [0.4, 0.5) is 10.5 Å². The number of esters is 2. The molecule has 0 aliphatic carbocycles. The largest absolute Gasteiger partial charge is 0.595 e. The van der Waals surface area contributed by atoms with E-state index in [1.54, 1.807) is 41.5 Å². The second-order valence-corrected chi connectivity index (χ2v) is 9.78. The van der Waals surface area contributed by atoms with Crippen molar-refractivity contribution in [1.82, 2.24) is 10.6 Å². The highest BCUT2D eigenvalue weighted by atomic mass is 16.8. The number of alkyl carbamates (subject to hydrolysis) is 1. The summed E-state index contributed by atoms with van der Waals surface area (Å²) in [7, 11) is 1.14. The Morgan fingerprint density at radius 3 is 1.94 bits per heavy atom. The molecule has 0 aliphatic rings. The Bertz CT molecular complexity index is 857. The van der Waals surface area contributed by atoms with E-state index in [4.69, 9.17) is 19.4 Å². The normalized spacial score (nSPS) is 14.2. The Hall–Kier alpha value is -3.22. The Morgan fingerprint density at radius 2 is 1.49 bits per heavy atom. The van der Waals surface area contributed by atoms with Crippen molar-refractivity contribution < 1.29 is 43.8 Å². The van der Waals surface area contributed by atoms with E-state index in [9.17, 15) is 24.4 Å². The van der Waals surface area contributed by atoms with Crippen LogP contribution in [0.2, 0.25) is 0 Å². The van der Waals surface area contributed by atoms with Gasteiger partial charge in [-0.15, -0.1) is 0 Å². The molecule has 0 radical (unpaired) electrons. The molecule has 0 fully saturated rings. The molecule has 3 unspecified atom stereocenters. The number of carbonyl (C=O) groups is 4. The zero-order valence-corrected chi connectivity index (χ0v) is 21.1. The van der Waals surface area contributed by atoms with Crippen molar-refractivity contribution in [3.63, 3.8) is 0 Å². The number of hydrogen-bond acceptors (Lipinski definition) is 9. The van der Waals surface area contributed by atoms with Gasteiger partial charge in [0.05, 0.1) is 13.5 Å². The zero-order valence-electron chi connectivity index (χ0n) is 21.1. The van der Waals surface area contributed by atoms with Gasteiger partial charge in [-0.3, -0.25) is 9.59 Å². The fraction of sp³-hybridized carbons (Fsp3) is 0.565. The van der Waals surface area contributed by atoms with Crippen LogP contribution in [0.1, 0.15) is 53.5 Å². The van der Waals surface area contributed by atoms with Crippen molar-refractivity contribution in [2.75, 3.05) is 7.11 Å². The van der Waals surface area contributed by atoms with Crippen LogP contribution in [0.5, 0.6) is 0 Å². The van der Waals surface area contributed by atoms with Crippen LogP contribution < -0.4 is 15.9 Å². The van der Waals surface area contributed by atoms with Crippen LogP contribution in [-0.4, -0.2) is 59.5 Å². The van der Waals surface area contributed by atoms with Gasteiger partial charge < -0.3 is 30.1 Å². The molecule has 0 aliphatic heterocycles. The Morgan fingerprint density at radius 1 is 0.943 bits per heavy atom. The summed E-state index contributed by atoms with van der Waals surface area (Å²) in [5, 5.41) is 23.8. The first-order valence-corrected chi connectivity index (χ1v) is 10.9. The Kier molecular flexibility index (Phi) is 10.6. The molecule has 1 aromatic rings. The van der Waals surface area contributed by atoms with Crippen LogP contribution in [0.25, 0.3) is 0 Å². The average molecular weight is 498 g/mol. The molecule has 3 atom stereocenters. The number of hydrogen-bond donors (Lipinski definition) is 4. The number of nitrogens with one attached hydrogen (secondary N) is 3. The van der Waals surface area contributed by atoms with Gasteiger partial charge in [0.15, 0.2) is 5.69 Å². The second kappa shape index (κ2) is 12.5. The van der Waals surface area contributed by atoms with Crippen LogP contribution in [0.3, 0.4) is 0 Å². The lowest BCUT2D eigenvalue weighted by atomic mass is 10.0. The molecule has 12 nitrogen and oxygen atoms in total. The van der Waals surface area contributed by atoms with Gasteiger partial charge in [0.2, 0.25) is 5.91 Å². The SMILES string of the molecule is COC(=O)C(Cc1ccc([NH+]([O-])O)cc1)NC(=O)C(CC(=O)OC(C)(C)C)NC(=O)OC(C)(C)C. The smallest absolute Gasteiger partial charge is 0.408 e. The van der Waals surface area contributed by atoms with Crippen molar-refractivity contribution in [2.45, 2.75) is 77.7 Å². The van der Waals surface area contributed by atoms with Gasteiger partial charge in [0, 0.05) is 18.6 Å². The highest BCUT2D eigenvalue weighted by Crippen LogP contribution is 2.13. The summed E-state index contributed by atoms with van der Waals surface area (Å²) < 4.78 is 15.2. The minimum atomic E-state index is -1.40. The maximum Gasteiger partial charge on any atom is 0.408 e. The lowest BCUT2D eigenvalue weighted by molar-refractivity contribution is -0.991. The second-order valence-electron chi connectivity index (χ2n) is 9.78. The molecule has 0 heterocycles. The molecular formula is C23H35N3O9. The predicted molar refractivity (Wildman–Crippen MR) is 123 cm³/mol. The summed E-state index contributed by atoms with van der Waals surface area (Å²) in [6.07, 6.45) is -1.46. The zero-order chi connectivity index (χ0) is 27.0. The number of amides is 2. The average Bonchev–Trinajstić information content (AvgIpc) is 2.69. The summed E-state index contributed by atoms with van der Waals surface area (Å²) in [5.41, 5.74) is -1.06. The highest BCUT2D eigenvalue weighted by molar-refractivity contribution is 5.92. The lowest BCUT2D eigenvalue weighted by Crippen LogP contribution is -2.99. The summed E-state index contributed by atoms with van der Waals surface area (Å²) in [4.78, 5) is 50.0. The number of ether oxygens (including phenoxy) is 3. The maximum atomic E-state index is 13.0. The Balaban J connectivity index is 3.07. The topological polar surface area (TPSA) is 168 Å². The summed E-state index contributed by atoms with van der Waals surface area (Å²) in [6, 6.07) is 3.16. The standard InChI is InChI=1S/C23H35N3O9/c1-22(2,3)34-18(27)13-16(25-21(30)35-23(4,5)6)19(28)24-17(20(29)33-7)12-14-8-10-15(11-9-14)26(31)32/h8-11,16-17,26,31H,12-13H2,1-7H3,(H,24,28)(H,25,30). The van der Waals surface area contributed by atoms with E-state index in [-0.39, 0.29) is 12.1 Å². The molecule has 1 rings (SSSR count). The monoisotopic (exact) mass is 497 g/mol. The molecule has 1 aromatic carbocycles. The molecule has 35 heavy (non-hydrogen) atoms. The quantitative estimate of drug-likeness (QED) is 0.220. The summed E-state index contributed by atoms with van der Waals surface area (Å²) >= 11 is 0. The molecule has 0 saturated heterocycles. The number of rotatable bonds is 9. The first kappa shape index (κ1) is 29.8. The van der Waals surface area contributed by atoms with Crippen molar-refractivity contribution in [3.8, 4) is 0 Å². The molecular weight excluding hydrogens is 462 g/mol. The maximum absolute atomic E-state index is 13.0. The molecule has 0 spiro atoms. The van der Waals surface area contributed by atoms with Crippen molar-refractivity contribution >= 4 is 29.6 Å². The number of methoxy groups -OCH3 is 1. The van der Waals surface area contributed by atoms with Crippen LogP contribution in [0.15, 0.2) is 24.3 Å². The molecule has 196 valence electrons. The van der Waals surface area contributed by atoms with E-state index in [2.05, 4.69) is 10.6 Å². The van der Waals surface area contributed by atoms with E-state index in [0.29, 0.717) is 5.56 Å². The minimum absolute atomic E-state index is 0.0239. The molecule has 0 saturated carbocycles. The first-order chi connectivity index (χ1) is 16.0. The van der Waals surface area contributed by atoms with Gasteiger partial charge >= 0.3 is 18.0 Å².